The van der Waals surface area contributed by atoms with Crippen LogP contribution in [0.15, 0.2) is 64.6 Å². The summed E-state index contributed by atoms with van der Waals surface area (Å²) in [6, 6.07) is 16.5. The first kappa shape index (κ1) is 19.5. The van der Waals surface area contributed by atoms with E-state index in [4.69, 9.17) is 11.6 Å². The van der Waals surface area contributed by atoms with Crippen LogP contribution in [-0.4, -0.2) is 34.7 Å². The van der Waals surface area contributed by atoms with Gasteiger partial charge in [-0.05, 0) is 42.7 Å². The Bertz CT molecular complexity index is 1050. The lowest BCUT2D eigenvalue weighted by Crippen LogP contribution is -2.10. The molecule has 146 valence electrons. The quantitative estimate of drug-likeness (QED) is 0.492. The van der Waals surface area contributed by atoms with Gasteiger partial charge in [-0.3, -0.25) is 0 Å². The lowest BCUT2D eigenvalue weighted by Gasteiger charge is -2.10. The molecule has 1 aromatic heterocycles. The predicted octanol–water partition coefficient (Wildman–Crippen LogP) is 4.42. The minimum absolute atomic E-state index is 0.0380. The number of hydrogen-bond acceptors (Lipinski definition) is 5. The van der Waals surface area contributed by atoms with E-state index >= 15 is 0 Å². The number of thioether (sulfide) groups is 1. The summed E-state index contributed by atoms with van der Waals surface area (Å²) in [5.74, 6) is 1.94. The lowest BCUT2D eigenvalue weighted by atomic mass is 10.2. The van der Waals surface area contributed by atoms with Gasteiger partial charge in [-0.25, -0.2) is 8.42 Å². The Kier molecular flexibility index (Phi) is 5.75. The molecule has 0 unspecified atom stereocenters. The first-order chi connectivity index (χ1) is 13.5. The molecule has 0 aliphatic heterocycles. The van der Waals surface area contributed by atoms with Crippen molar-refractivity contribution in [2.75, 3.05) is 11.5 Å². The summed E-state index contributed by atoms with van der Waals surface area (Å²) in [6.45, 7) is 0.700. The smallest absolute Gasteiger partial charge is 0.191 e. The van der Waals surface area contributed by atoms with Gasteiger partial charge in [0.2, 0.25) is 0 Å². The van der Waals surface area contributed by atoms with Crippen LogP contribution in [0.1, 0.15) is 30.1 Å². The molecule has 8 heteroatoms. The van der Waals surface area contributed by atoms with Crippen LogP contribution in [0, 0.1) is 0 Å². The molecule has 4 rings (SSSR count). The minimum Gasteiger partial charge on any atom is -0.301 e. The molecule has 28 heavy (non-hydrogen) atoms. The van der Waals surface area contributed by atoms with Crippen molar-refractivity contribution in [2.24, 2.45) is 0 Å². The third-order valence-corrected chi connectivity index (χ3v) is 7.84. The number of nitrogens with zero attached hydrogens (tertiary/aromatic N) is 3. The molecule has 2 aromatic carbocycles. The zero-order chi connectivity index (χ0) is 19.6. The van der Waals surface area contributed by atoms with Crippen LogP contribution in [-0.2, 0) is 16.4 Å². The first-order valence-corrected chi connectivity index (χ1v) is 12.1. The molecular weight excluding hydrogens is 414 g/mol. The summed E-state index contributed by atoms with van der Waals surface area (Å²) < 4.78 is 27.2. The zero-order valence-corrected chi connectivity index (χ0v) is 17.6. The Labute approximate surface area is 174 Å². The molecule has 1 aliphatic rings. The van der Waals surface area contributed by atoms with Crippen molar-refractivity contribution in [1.29, 1.82) is 0 Å². The SMILES string of the molecule is O=S(=O)(CCSc1nnc(C2CC2)n1Cc1ccccc1)c1ccc(Cl)cc1. The Morgan fingerprint density at radius 2 is 1.75 bits per heavy atom. The highest BCUT2D eigenvalue weighted by atomic mass is 35.5. The van der Waals surface area contributed by atoms with Gasteiger partial charge in [0.15, 0.2) is 15.0 Å². The monoisotopic (exact) mass is 433 g/mol. The van der Waals surface area contributed by atoms with Crippen LogP contribution in [0.5, 0.6) is 0 Å². The highest BCUT2D eigenvalue weighted by Crippen LogP contribution is 2.40. The minimum atomic E-state index is -3.35. The third kappa shape index (κ3) is 4.59. The van der Waals surface area contributed by atoms with Crippen molar-refractivity contribution in [2.45, 2.75) is 35.4 Å². The standard InChI is InChI=1S/C20H20ClN3O2S2/c21-17-8-10-18(11-9-17)28(25,26)13-12-27-20-23-22-19(16-6-7-16)24(20)14-15-4-2-1-3-5-15/h1-5,8-11,16H,6-7,12-14H2. The molecule has 3 aromatic rings. The number of rotatable bonds is 8. The fraction of sp³-hybridized carbons (Fsp3) is 0.300. The van der Waals surface area contributed by atoms with Crippen molar-refractivity contribution in [3.63, 3.8) is 0 Å². The Balaban J connectivity index is 1.47. The summed E-state index contributed by atoms with van der Waals surface area (Å²) in [6.07, 6.45) is 2.28. The van der Waals surface area contributed by atoms with Gasteiger partial charge >= 0.3 is 0 Å². The molecule has 1 fully saturated rings. The van der Waals surface area contributed by atoms with Crippen LogP contribution in [0.4, 0.5) is 0 Å². The second-order valence-electron chi connectivity index (χ2n) is 6.81. The van der Waals surface area contributed by atoms with Crippen molar-refractivity contribution < 1.29 is 8.42 Å². The number of aromatic nitrogens is 3. The Morgan fingerprint density at radius 1 is 1.04 bits per heavy atom. The Hall–Kier alpha value is -1.83. The molecule has 0 atom stereocenters. The largest absolute Gasteiger partial charge is 0.301 e. The van der Waals surface area contributed by atoms with E-state index in [1.165, 1.54) is 17.3 Å². The molecule has 1 heterocycles. The zero-order valence-electron chi connectivity index (χ0n) is 15.2. The number of halogens is 1. The number of sulfone groups is 1. The van der Waals surface area contributed by atoms with E-state index < -0.39 is 9.84 Å². The van der Waals surface area contributed by atoms with Crippen molar-refractivity contribution >= 4 is 33.2 Å². The topological polar surface area (TPSA) is 64.8 Å². The second-order valence-corrected chi connectivity index (χ2v) is 10.4. The molecule has 0 N–H and O–H groups in total. The van der Waals surface area contributed by atoms with E-state index in [0.717, 1.165) is 23.8 Å². The lowest BCUT2D eigenvalue weighted by molar-refractivity contribution is 0.597. The van der Waals surface area contributed by atoms with E-state index in [2.05, 4.69) is 26.9 Å². The van der Waals surface area contributed by atoms with Gasteiger partial charge in [0, 0.05) is 16.7 Å². The maximum atomic E-state index is 12.5. The van der Waals surface area contributed by atoms with Gasteiger partial charge in [0.25, 0.3) is 0 Å². The molecule has 0 spiro atoms. The summed E-state index contributed by atoms with van der Waals surface area (Å²) in [7, 11) is -3.35. The van der Waals surface area contributed by atoms with Gasteiger partial charge in [-0.2, -0.15) is 0 Å². The summed E-state index contributed by atoms with van der Waals surface area (Å²) in [5, 5.41) is 10.0. The average Bonchev–Trinajstić information content (AvgIpc) is 3.46. The van der Waals surface area contributed by atoms with Gasteiger partial charge in [0.1, 0.15) is 5.82 Å². The highest BCUT2D eigenvalue weighted by molar-refractivity contribution is 8.00. The van der Waals surface area contributed by atoms with Crippen molar-refractivity contribution in [1.82, 2.24) is 14.8 Å². The Morgan fingerprint density at radius 3 is 2.43 bits per heavy atom. The van der Waals surface area contributed by atoms with E-state index in [-0.39, 0.29) is 5.75 Å². The van der Waals surface area contributed by atoms with Crippen molar-refractivity contribution in [3.05, 3.63) is 71.0 Å². The summed E-state index contributed by atoms with van der Waals surface area (Å²) in [5.41, 5.74) is 1.18. The van der Waals surface area contributed by atoms with E-state index in [1.807, 2.05) is 18.2 Å². The van der Waals surface area contributed by atoms with E-state index in [1.54, 1.807) is 24.3 Å². The number of hydrogen-bond donors (Lipinski definition) is 0. The molecule has 1 saturated carbocycles. The summed E-state index contributed by atoms with van der Waals surface area (Å²) in [4.78, 5) is 0.293. The molecule has 0 amide bonds. The maximum absolute atomic E-state index is 12.5. The average molecular weight is 434 g/mol. The fourth-order valence-electron chi connectivity index (χ4n) is 2.97. The maximum Gasteiger partial charge on any atom is 0.191 e. The highest BCUT2D eigenvalue weighted by Gasteiger charge is 2.30. The molecule has 0 saturated heterocycles. The molecule has 5 nitrogen and oxygen atoms in total. The van der Waals surface area contributed by atoms with Crippen LogP contribution < -0.4 is 0 Å². The fourth-order valence-corrected chi connectivity index (χ4v) is 5.69. The van der Waals surface area contributed by atoms with E-state index in [0.29, 0.717) is 28.1 Å². The van der Waals surface area contributed by atoms with Crippen LogP contribution in [0.2, 0.25) is 5.02 Å². The summed E-state index contributed by atoms with van der Waals surface area (Å²) >= 11 is 7.29. The predicted molar refractivity (Wildman–Crippen MR) is 112 cm³/mol. The second kappa shape index (κ2) is 8.27. The van der Waals surface area contributed by atoms with Crippen LogP contribution >= 0.6 is 23.4 Å². The molecule has 0 bridgehead atoms. The number of benzene rings is 2. The first-order valence-electron chi connectivity index (χ1n) is 9.11. The van der Waals surface area contributed by atoms with E-state index in [9.17, 15) is 8.42 Å². The van der Waals surface area contributed by atoms with Gasteiger partial charge < -0.3 is 4.57 Å². The third-order valence-electron chi connectivity index (χ3n) is 4.63. The van der Waals surface area contributed by atoms with Crippen LogP contribution in [0.25, 0.3) is 0 Å². The molecular formula is C20H20ClN3O2S2. The molecule has 0 radical (unpaired) electrons. The van der Waals surface area contributed by atoms with Gasteiger partial charge in [0.05, 0.1) is 17.2 Å². The van der Waals surface area contributed by atoms with Gasteiger partial charge in [-0.15, -0.1) is 10.2 Å². The van der Waals surface area contributed by atoms with Crippen molar-refractivity contribution in [3.8, 4) is 0 Å². The normalized spacial score (nSPS) is 14.3. The van der Waals surface area contributed by atoms with Crippen LogP contribution in [0.3, 0.4) is 0 Å². The molecule has 1 aliphatic carbocycles. The van der Waals surface area contributed by atoms with Gasteiger partial charge in [-0.1, -0.05) is 53.7 Å².